The van der Waals surface area contributed by atoms with E-state index < -0.39 is 17.8 Å². The van der Waals surface area contributed by atoms with Gasteiger partial charge in [-0.3, -0.25) is 0 Å². The summed E-state index contributed by atoms with van der Waals surface area (Å²) in [7, 11) is 0. The Labute approximate surface area is 95.5 Å². The first-order valence-electron chi connectivity index (χ1n) is 5.05. The molecule has 0 bridgehead atoms. The quantitative estimate of drug-likeness (QED) is 0.837. The minimum atomic E-state index is -4.45. The van der Waals surface area contributed by atoms with Gasteiger partial charge in [-0.2, -0.15) is 13.2 Å². The molecule has 0 aliphatic rings. The van der Waals surface area contributed by atoms with Crippen LogP contribution >= 0.6 is 0 Å². The van der Waals surface area contributed by atoms with Crippen LogP contribution in [0.3, 0.4) is 0 Å². The standard InChI is InChI=1S/C11H11F3N2O/c1-6-9(7(2)17)16-5-3-4-8(10(16)15-6)11(12,13)14/h3-5,7,17H,1-2H3. The number of aliphatic hydroxyl groups excluding tert-OH is 1. The molecule has 0 aliphatic carbocycles. The van der Waals surface area contributed by atoms with Gasteiger partial charge in [0, 0.05) is 6.20 Å². The van der Waals surface area contributed by atoms with E-state index in [0.29, 0.717) is 11.4 Å². The van der Waals surface area contributed by atoms with Crippen LogP contribution in [0.25, 0.3) is 5.65 Å². The zero-order valence-electron chi connectivity index (χ0n) is 9.28. The number of aromatic nitrogens is 2. The smallest absolute Gasteiger partial charge is 0.387 e. The van der Waals surface area contributed by atoms with Gasteiger partial charge in [0.25, 0.3) is 0 Å². The lowest BCUT2D eigenvalue weighted by Crippen LogP contribution is -2.08. The number of halogens is 3. The molecule has 17 heavy (non-hydrogen) atoms. The summed E-state index contributed by atoms with van der Waals surface area (Å²) < 4.78 is 39.5. The Morgan fingerprint density at radius 2 is 2.06 bits per heavy atom. The van der Waals surface area contributed by atoms with Crippen LogP contribution < -0.4 is 0 Å². The van der Waals surface area contributed by atoms with Crippen molar-refractivity contribution in [3.63, 3.8) is 0 Å². The van der Waals surface area contributed by atoms with Crippen molar-refractivity contribution < 1.29 is 18.3 Å². The van der Waals surface area contributed by atoms with Crippen molar-refractivity contribution in [2.75, 3.05) is 0 Å². The molecule has 0 saturated carbocycles. The molecule has 0 radical (unpaired) electrons. The van der Waals surface area contributed by atoms with E-state index in [4.69, 9.17) is 0 Å². The largest absolute Gasteiger partial charge is 0.419 e. The first-order chi connectivity index (χ1) is 7.82. The fraction of sp³-hybridized carbons (Fsp3) is 0.364. The number of aliphatic hydroxyl groups is 1. The molecule has 1 unspecified atom stereocenters. The Morgan fingerprint density at radius 1 is 1.41 bits per heavy atom. The molecule has 0 aliphatic heterocycles. The third kappa shape index (κ3) is 1.88. The number of hydrogen-bond acceptors (Lipinski definition) is 2. The molecule has 2 aromatic heterocycles. The van der Waals surface area contributed by atoms with E-state index in [2.05, 4.69) is 4.98 Å². The van der Waals surface area contributed by atoms with E-state index in [1.807, 2.05) is 0 Å². The van der Waals surface area contributed by atoms with Crippen LogP contribution in [0.2, 0.25) is 0 Å². The van der Waals surface area contributed by atoms with Crippen molar-refractivity contribution in [3.8, 4) is 0 Å². The second kappa shape index (κ2) is 3.73. The first-order valence-corrected chi connectivity index (χ1v) is 5.05. The van der Waals surface area contributed by atoms with Gasteiger partial charge in [-0.05, 0) is 26.0 Å². The van der Waals surface area contributed by atoms with Gasteiger partial charge in [0.1, 0.15) is 5.65 Å². The summed E-state index contributed by atoms with van der Waals surface area (Å²) in [6.45, 7) is 3.08. The lowest BCUT2D eigenvalue weighted by Gasteiger charge is -2.09. The zero-order chi connectivity index (χ0) is 12.8. The maximum atomic E-state index is 12.7. The predicted molar refractivity (Wildman–Crippen MR) is 55.6 cm³/mol. The van der Waals surface area contributed by atoms with Crippen molar-refractivity contribution in [2.24, 2.45) is 0 Å². The van der Waals surface area contributed by atoms with Crippen molar-refractivity contribution in [3.05, 3.63) is 35.3 Å². The highest BCUT2D eigenvalue weighted by Gasteiger charge is 2.34. The highest BCUT2D eigenvalue weighted by molar-refractivity contribution is 5.52. The summed E-state index contributed by atoms with van der Waals surface area (Å²) >= 11 is 0. The van der Waals surface area contributed by atoms with E-state index in [1.165, 1.54) is 23.6 Å². The number of pyridine rings is 1. The Hall–Kier alpha value is -1.56. The van der Waals surface area contributed by atoms with E-state index in [1.54, 1.807) is 6.92 Å². The van der Waals surface area contributed by atoms with Crippen molar-refractivity contribution in [2.45, 2.75) is 26.1 Å². The molecule has 6 heteroatoms. The summed E-state index contributed by atoms with van der Waals surface area (Å²) in [4.78, 5) is 3.88. The van der Waals surface area contributed by atoms with Crippen LogP contribution in [0.4, 0.5) is 13.2 Å². The summed E-state index contributed by atoms with van der Waals surface area (Å²) in [5, 5.41) is 9.54. The second-order valence-electron chi connectivity index (χ2n) is 3.87. The Kier molecular flexibility index (Phi) is 2.61. The van der Waals surface area contributed by atoms with Crippen molar-refractivity contribution in [1.82, 2.24) is 9.38 Å². The SMILES string of the molecule is Cc1nc2c(C(F)(F)F)cccn2c1C(C)O. The third-order valence-electron chi connectivity index (χ3n) is 2.57. The fourth-order valence-electron chi connectivity index (χ4n) is 1.92. The molecule has 2 heterocycles. The summed E-state index contributed by atoms with van der Waals surface area (Å²) in [6, 6.07) is 2.27. The highest BCUT2D eigenvalue weighted by atomic mass is 19.4. The lowest BCUT2D eigenvalue weighted by molar-refractivity contribution is -0.136. The zero-order valence-corrected chi connectivity index (χ0v) is 9.28. The maximum absolute atomic E-state index is 12.7. The predicted octanol–water partition coefficient (Wildman–Crippen LogP) is 2.71. The third-order valence-corrected chi connectivity index (χ3v) is 2.57. The number of fused-ring (bicyclic) bond motifs is 1. The van der Waals surface area contributed by atoms with Crippen molar-refractivity contribution in [1.29, 1.82) is 0 Å². The molecule has 0 amide bonds. The molecule has 0 aromatic carbocycles. The van der Waals surface area contributed by atoms with Gasteiger partial charge >= 0.3 is 6.18 Å². The van der Waals surface area contributed by atoms with Gasteiger partial charge in [0.05, 0.1) is 23.1 Å². The van der Waals surface area contributed by atoms with Crippen LogP contribution in [0, 0.1) is 6.92 Å². The molecule has 0 spiro atoms. The van der Waals surface area contributed by atoms with Gasteiger partial charge < -0.3 is 9.51 Å². The summed E-state index contributed by atoms with van der Waals surface area (Å²) in [5.74, 6) is 0. The first kappa shape index (κ1) is 11.9. The minimum absolute atomic E-state index is 0.173. The number of aryl methyl sites for hydroxylation is 1. The van der Waals surface area contributed by atoms with E-state index in [-0.39, 0.29) is 5.65 Å². The van der Waals surface area contributed by atoms with Crippen LogP contribution in [-0.4, -0.2) is 14.5 Å². The molecule has 1 atom stereocenters. The topological polar surface area (TPSA) is 37.5 Å². The monoisotopic (exact) mass is 244 g/mol. The lowest BCUT2D eigenvalue weighted by atomic mass is 10.2. The molecule has 0 fully saturated rings. The normalized spacial score (nSPS) is 14.2. The molecule has 2 rings (SSSR count). The van der Waals surface area contributed by atoms with Gasteiger partial charge in [0.2, 0.25) is 0 Å². The molecular formula is C11H11F3N2O. The molecule has 0 saturated heterocycles. The minimum Gasteiger partial charge on any atom is -0.387 e. The van der Waals surface area contributed by atoms with E-state index >= 15 is 0 Å². The van der Waals surface area contributed by atoms with Crippen LogP contribution in [0.1, 0.15) is 30.0 Å². The van der Waals surface area contributed by atoms with Crippen LogP contribution in [0.15, 0.2) is 18.3 Å². The molecule has 3 nitrogen and oxygen atoms in total. The van der Waals surface area contributed by atoms with Crippen LogP contribution in [0.5, 0.6) is 0 Å². The number of alkyl halides is 3. The number of nitrogens with zero attached hydrogens (tertiary/aromatic N) is 2. The fourth-order valence-corrected chi connectivity index (χ4v) is 1.92. The molecule has 92 valence electrons. The van der Waals surface area contributed by atoms with Crippen molar-refractivity contribution >= 4 is 5.65 Å². The number of imidazole rings is 1. The Balaban J connectivity index is 2.80. The average molecular weight is 244 g/mol. The van der Waals surface area contributed by atoms with Crippen LogP contribution in [-0.2, 0) is 6.18 Å². The number of rotatable bonds is 1. The Morgan fingerprint density at radius 3 is 2.59 bits per heavy atom. The van der Waals surface area contributed by atoms with Gasteiger partial charge in [-0.1, -0.05) is 0 Å². The second-order valence-corrected chi connectivity index (χ2v) is 3.87. The maximum Gasteiger partial charge on any atom is 0.419 e. The summed E-state index contributed by atoms with van der Waals surface area (Å²) in [5.41, 5.74) is -0.189. The van der Waals surface area contributed by atoms with E-state index in [9.17, 15) is 18.3 Å². The molecule has 2 aromatic rings. The van der Waals surface area contributed by atoms with Gasteiger partial charge in [-0.15, -0.1) is 0 Å². The van der Waals surface area contributed by atoms with Gasteiger partial charge in [0.15, 0.2) is 0 Å². The molecule has 1 N–H and O–H groups in total. The average Bonchev–Trinajstić information content (AvgIpc) is 2.51. The summed E-state index contributed by atoms with van der Waals surface area (Å²) in [6.07, 6.45) is -3.85. The van der Waals surface area contributed by atoms with E-state index in [0.717, 1.165) is 6.07 Å². The molecular weight excluding hydrogens is 233 g/mol. The number of hydrogen-bond donors (Lipinski definition) is 1. The Bertz CT molecular complexity index is 558. The van der Waals surface area contributed by atoms with Gasteiger partial charge in [-0.25, -0.2) is 4.98 Å². The highest BCUT2D eigenvalue weighted by Crippen LogP contribution is 2.33.